The Hall–Kier alpha value is -3.29. The number of pyridine rings is 1. The molecule has 0 spiro atoms. The maximum absolute atomic E-state index is 13.0. The van der Waals surface area contributed by atoms with E-state index in [1.54, 1.807) is 28.5 Å². The quantitative estimate of drug-likeness (QED) is 0.537. The van der Waals surface area contributed by atoms with Crippen molar-refractivity contribution in [3.63, 3.8) is 0 Å². The van der Waals surface area contributed by atoms with Crippen LogP contribution in [0.4, 0.5) is 0 Å². The van der Waals surface area contributed by atoms with Gasteiger partial charge in [0.2, 0.25) is 5.43 Å². The van der Waals surface area contributed by atoms with Gasteiger partial charge in [-0.3, -0.25) is 14.5 Å². The van der Waals surface area contributed by atoms with Gasteiger partial charge < -0.3 is 9.88 Å². The number of carbonyl (C=O) groups is 1. The zero-order valence-corrected chi connectivity index (χ0v) is 17.8. The molecule has 0 unspecified atom stereocenters. The molecule has 6 nitrogen and oxygen atoms in total. The second-order valence-corrected chi connectivity index (χ2v) is 8.51. The number of nitrogens with one attached hydrogen (secondary N) is 1. The first-order valence-electron chi connectivity index (χ1n) is 10.3. The number of H-pyrrole nitrogens is 1. The monoisotopic (exact) mass is 430 g/mol. The highest BCUT2D eigenvalue weighted by Gasteiger charge is 2.24. The first-order valence-corrected chi connectivity index (χ1v) is 11.2. The SMILES string of the molecule is O=C(c1c[nH]c2ccccc2c1=O)N1CCN(Cc2csc(-c3ccccc3)n2)CC1. The molecule has 0 radical (unpaired) electrons. The predicted octanol–water partition coefficient (Wildman–Crippen LogP) is 3.61. The van der Waals surface area contributed by atoms with Crippen LogP contribution in [0.15, 0.2) is 71.0 Å². The minimum absolute atomic E-state index is 0.202. The summed E-state index contributed by atoms with van der Waals surface area (Å²) >= 11 is 1.66. The van der Waals surface area contributed by atoms with E-state index >= 15 is 0 Å². The third-order valence-electron chi connectivity index (χ3n) is 5.64. The van der Waals surface area contributed by atoms with E-state index in [1.807, 2.05) is 36.4 Å². The number of aromatic nitrogens is 2. The highest BCUT2D eigenvalue weighted by Crippen LogP contribution is 2.24. The van der Waals surface area contributed by atoms with Crippen LogP contribution in [-0.2, 0) is 6.54 Å². The molecular weight excluding hydrogens is 408 g/mol. The summed E-state index contributed by atoms with van der Waals surface area (Å²) in [5, 5.41) is 3.68. The van der Waals surface area contributed by atoms with Crippen molar-refractivity contribution in [1.82, 2.24) is 19.8 Å². The molecule has 156 valence electrons. The summed E-state index contributed by atoms with van der Waals surface area (Å²) in [6.07, 6.45) is 1.54. The number of fused-ring (bicyclic) bond motifs is 1. The van der Waals surface area contributed by atoms with Gasteiger partial charge >= 0.3 is 0 Å². The molecule has 1 amide bonds. The zero-order valence-electron chi connectivity index (χ0n) is 17.0. The van der Waals surface area contributed by atoms with Gasteiger partial charge in [-0.15, -0.1) is 11.3 Å². The van der Waals surface area contributed by atoms with Crippen molar-refractivity contribution in [3.8, 4) is 10.6 Å². The van der Waals surface area contributed by atoms with Gasteiger partial charge in [-0.05, 0) is 12.1 Å². The lowest BCUT2D eigenvalue weighted by Gasteiger charge is -2.34. The number of benzene rings is 2. The normalized spacial score (nSPS) is 14.8. The highest BCUT2D eigenvalue weighted by atomic mass is 32.1. The highest BCUT2D eigenvalue weighted by molar-refractivity contribution is 7.13. The molecule has 1 aliphatic rings. The molecule has 1 fully saturated rings. The van der Waals surface area contributed by atoms with Crippen LogP contribution in [0.5, 0.6) is 0 Å². The Labute approximate surface area is 183 Å². The van der Waals surface area contributed by atoms with E-state index in [0.717, 1.165) is 41.4 Å². The second kappa shape index (κ2) is 8.45. The molecule has 0 bridgehead atoms. The molecule has 1 N–H and O–H groups in total. The first kappa shape index (κ1) is 19.7. The van der Waals surface area contributed by atoms with Crippen LogP contribution in [0, 0.1) is 0 Å². The number of amides is 1. The Morgan fingerprint density at radius 2 is 1.74 bits per heavy atom. The molecule has 0 atom stereocenters. The molecule has 0 aliphatic carbocycles. The molecule has 2 aromatic heterocycles. The lowest BCUT2D eigenvalue weighted by atomic mass is 10.1. The maximum atomic E-state index is 13.0. The van der Waals surface area contributed by atoms with E-state index in [9.17, 15) is 9.59 Å². The van der Waals surface area contributed by atoms with Crippen molar-refractivity contribution >= 4 is 28.1 Å². The maximum Gasteiger partial charge on any atom is 0.259 e. The molecule has 7 heteroatoms. The number of hydrogen-bond donors (Lipinski definition) is 1. The van der Waals surface area contributed by atoms with E-state index in [-0.39, 0.29) is 16.9 Å². The molecule has 2 aromatic carbocycles. The summed E-state index contributed by atoms with van der Waals surface area (Å²) in [5.41, 5.74) is 2.92. The number of piperazine rings is 1. The van der Waals surface area contributed by atoms with Crippen LogP contribution >= 0.6 is 11.3 Å². The van der Waals surface area contributed by atoms with Crippen molar-refractivity contribution in [2.75, 3.05) is 26.2 Å². The van der Waals surface area contributed by atoms with Crippen molar-refractivity contribution in [2.24, 2.45) is 0 Å². The lowest BCUT2D eigenvalue weighted by molar-refractivity contribution is 0.0626. The minimum atomic E-state index is -0.210. The van der Waals surface area contributed by atoms with Crippen molar-refractivity contribution < 1.29 is 4.79 Å². The van der Waals surface area contributed by atoms with E-state index in [4.69, 9.17) is 4.98 Å². The number of nitrogens with zero attached hydrogens (tertiary/aromatic N) is 3. The number of rotatable bonds is 4. The van der Waals surface area contributed by atoms with Crippen molar-refractivity contribution in [1.29, 1.82) is 0 Å². The Morgan fingerprint density at radius 3 is 2.55 bits per heavy atom. The number of aromatic amines is 1. The molecule has 31 heavy (non-hydrogen) atoms. The molecule has 5 rings (SSSR count). The third-order valence-corrected chi connectivity index (χ3v) is 6.58. The summed E-state index contributed by atoms with van der Waals surface area (Å²) in [7, 11) is 0. The van der Waals surface area contributed by atoms with Gasteiger partial charge in [0.1, 0.15) is 10.6 Å². The van der Waals surface area contributed by atoms with Crippen LogP contribution in [0.25, 0.3) is 21.5 Å². The van der Waals surface area contributed by atoms with Gasteiger partial charge in [-0.25, -0.2) is 4.98 Å². The first-order chi connectivity index (χ1) is 15.2. The van der Waals surface area contributed by atoms with Gasteiger partial charge in [-0.2, -0.15) is 0 Å². The van der Waals surface area contributed by atoms with E-state index in [0.29, 0.717) is 18.5 Å². The van der Waals surface area contributed by atoms with Crippen molar-refractivity contribution in [2.45, 2.75) is 6.54 Å². The van der Waals surface area contributed by atoms with E-state index in [2.05, 4.69) is 27.4 Å². The number of hydrogen-bond acceptors (Lipinski definition) is 5. The molecule has 1 aliphatic heterocycles. The zero-order chi connectivity index (χ0) is 21.2. The van der Waals surface area contributed by atoms with Gasteiger partial charge in [0, 0.05) is 60.8 Å². The van der Waals surface area contributed by atoms with Gasteiger partial charge in [0.15, 0.2) is 0 Å². The van der Waals surface area contributed by atoms with Crippen LogP contribution in [-0.4, -0.2) is 51.9 Å². The van der Waals surface area contributed by atoms with E-state index < -0.39 is 0 Å². The molecule has 1 saturated heterocycles. The fourth-order valence-electron chi connectivity index (χ4n) is 3.93. The Kier molecular flexibility index (Phi) is 5.36. The average molecular weight is 431 g/mol. The fourth-order valence-corrected chi connectivity index (χ4v) is 4.74. The van der Waals surface area contributed by atoms with Crippen LogP contribution in [0.3, 0.4) is 0 Å². The standard InChI is InChI=1S/C24H22N4O2S/c29-22-19-8-4-5-9-21(19)25-14-20(22)24(30)28-12-10-27(11-13-28)15-18-16-31-23(26-18)17-6-2-1-3-7-17/h1-9,14,16H,10-13,15H2,(H,25,29). The van der Waals surface area contributed by atoms with Crippen molar-refractivity contribution in [3.05, 3.63) is 87.7 Å². The number of carbonyl (C=O) groups excluding carboxylic acids is 1. The van der Waals surface area contributed by atoms with Gasteiger partial charge in [0.25, 0.3) is 5.91 Å². The van der Waals surface area contributed by atoms with Gasteiger partial charge in [-0.1, -0.05) is 42.5 Å². The summed E-state index contributed by atoms with van der Waals surface area (Å²) < 4.78 is 0. The van der Waals surface area contributed by atoms with Crippen LogP contribution < -0.4 is 5.43 Å². The number of thiazole rings is 1. The Morgan fingerprint density at radius 1 is 1.00 bits per heavy atom. The topological polar surface area (TPSA) is 69.3 Å². The molecule has 3 heterocycles. The summed E-state index contributed by atoms with van der Waals surface area (Å²) in [4.78, 5) is 37.6. The van der Waals surface area contributed by atoms with Gasteiger partial charge in [0.05, 0.1) is 5.69 Å². The van der Waals surface area contributed by atoms with Crippen LogP contribution in [0.2, 0.25) is 0 Å². The lowest BCUT2D eigenvalue weighted by Crippen LogP contribution is -2.49. The number of para-hydroxylation sites is 1. The molecule has 4 aromatic rings. The third kappa shape index (κ3) is 4.02. The fraction of sp³-hybridized carbons (Fsp3) is 0.208. The smallest absolute Gasteiger partial charge is 0.259 e. The predicted molar refractivity (Wildman–Crippen MR) is 123 cm³/mol. The largest absolute Gasteiger partial charge is 0.360 e. The Balaban J connectivity index is 1.23. The summed E-state index contributed by atoms with van der Waals surface area (Å²) in [6, 6.07) is 17.5. The molecule has 0 saturated carbocycles. The summed E-state index contributed by atoms with van der Waals surface area (Å²) in [5.74, 6) is -0.202. The average Bonchev–Trinajstić information content (AvgIpc) is 3.29. The second-order valence-electron chi connectivity index (χ2n) is 7.66. The summed E-state index contributed by atoms with van der Waals surface area (Å²) in [6.45, 7) is 3.48. The molecular formula is C24H22N4O2S. The van der Waals surface area contributed by atoms with Crippen LogP contribution in [0.1, 0.15) is 16.1 Å². The minimum Gasteiger partial charge on any atom is -0.360 e. The van der Waals surface area contributed by atoms with E-state index in [1.165, 1.54) is 0 Å². The Bertz CT molecular complexity index is 1270.